The van der Waals surface area contributed by atoms with Gasteiger partial charge in [-0.3, -0.25) is 9.79 Å². The molecule has 23 heavy (non-hydrogen) atoms. The first-order valence-electron chi connectivity index (χ1n) is 7.36. The maximum absolute atomic E-state index is 11.7. The number of aromatic nitrogens is 1. The molecule has 0 bridgehead atoms. The van der Waals surface area contributed by atoms with Crippen molar-refractivity contribution in [2.24, 2.45) is 4.99 Å². The molecule has 2 heterocycles. The molecule has 0 aromatic carbocycles. The highest BCUT2D eigenvalue weighted by Crippen LogP contribution is 2.07. The Kier molecular flexibility index (Phi) is 6.61. The van der Waals surface area contributed by atoms with E-state index in [9.17, 15) is 4.79 Å². The second kappa shape index (κ2) is 8.94. The Labute approximate surface area is 139 Å². The van der Waals surface area contributed by atoms with Gasteiger partial charge in [0, 0.05) is 38.5 Å². The smallest absolute Gasteiger partial charge is 0.287 e. The molecule has 124 valence electrons. The number of hydrogen-bond donors (Lipinski definition) is 3. The molecule has 3 N–H and O–H groups in total. The van der Waals surface area contributed by atoms with Gasteiger partial charge in [-0.05, 0) is 19.1 Å². The number of carbonyl (C=O) groups is 1. The van der Waals surface area contributed by atoms with Gasteiger partial charge in [0.15, 0.2) is 11.7 Å². The van der Waals surface area contributed by atoms with Gasteiger partial charge in [0.1, 0.15) is 0 Å². The minimum absolute atomic E-state index is 0.223. The fraction of sp³-hybridized carbons (Fsp3) is 0.400. The van der Waals surface area contributed by atoms with Gasteiger partial charge in [0.05, 0.1) is 17.0 Å². The van der Waals surface area contributed by atoms with E-state index in [-0.39, 0.29) is 5.91 Å². The first kappa shape index (κ1) is 17.0. The molecular weight excluding hydrogens is 314 g/mol. The lowest BCUT2D eigenvalue weighted by Gasteiger charge is -2.11. The molecule has 1 amide bonds. The second-order valence-electron chi connectivity index (χ2n) is 4.77. The Bertz CT molecular complexity index is 636. The summed E-state index contributed by atoms with van der Waals surface area (Å²) in [6.07, 6.45) is 2.32. The average Bonchev–Trinajstić information content (AvgIpc) is 3.21. The third-order valence-corrected chi connectivity index (χ3v) is 3.83. The average molecular weight is 335 g/mol. The molecule has 8 heteroatoms. The van der Waals surface area contributed by atoms with Crippen LogP contribution < -0.4 is 16.0 Å². The fourth-order valence-electron chi connectivity index (χ4n) is 1.90. The van der Waals surface area contributed by atoms with Crippen LogP contribution in [0.2, 0.25) is 0 Å². The molecule has 0 aliphatic heterocycles. The fourth-order valence-corrected chi connectivity index (χ4v) is 2.55. The number of amides is 1. The van der Waals surface area contributed by atoms with E-state index in [2.05, 4.69) is 31.3 Å². The maximum Gasteiger partial charge on any atom is 0.287 e. The second-order valence-corrected chi connectivity index (χ2v) is 5.83. The number of aryl methyl sites for hydroxylation is 1. The summed E-state index contributed by atoms with van der Waals surface area (Å²) >= 11 is 1.65. The molecule has 0 aliphatic carbocycles. The maximum atomic E-state index is 11.7. The van der Waals surface area contributed by atoms with Crippen molar-refractivity contribution in [3.8, 4) is 0 Å². The largest absolute Gasteiger partial charge is 0.459 e. The lowest BCUT2D eigenvalue weighted by molar-refractivity contribution is 0.0926. The molecule has 2 aromatic rings. The third kappa shape index (κ3) is 5.74. The van der Waals surface area contributed by atoms with E-state index in [0.29, 0.717) is 24.8 Å². The van der Waals surface area contributed by atoms with Crippen LogP contribution in [0.5, 0.6) is 0 Å². The summed E-state index contributed by atoms with van der Waals surface area (Å²) in [4.78, 5) is 20.2. The summed E-state index contributed by atoms with van der Waals surface area (Å²) in [5.41, 5.74) is 1.08. The van der Waals surface area contributed by atoms with E-state index >= 15 is 0 Å². The van der Waals surface area contributed by atoms with Crippen molar-refractivity contribution in [3.05, 3.63) is 40.2 Å². The van der Waals surface area contributed by atoms with Crippen LogP contribution >= 0.6 is 11.3 Å². The van der Waals surface area contributed by atoms with Crippen molar-refractivity contribution in [1.29, 1.82) is 0 Å². The van der Waals surface area contributed by atoms with Gasteiger partial charge < -0.3 is 20.4 Å². The Balaban J connectivity index is 1.60. The molecule has 0 spiro atoms. The van der Waals surface area contributed by atoms with Crippen LogP contribution in [-0.2, 0) is 6.42 Å². The van der Waals surface area contributed by atoms with Crippen LogP contribution in [-0.4, -0.2) is 43.5 Å². The number of carbonyl (C=O) groups excluding carboxylic acids is 1. The first-order chi connectivity index (χ1) is 11.2. The highest BCUT2D eigenvalue weighted by Gasteiger charge is 2.06. The molecule has 0 aliphatic rings. The summed E-state index contributed by atoms with van der Waals surface area (Å²) < 4.78 is 5.02. The van der Waals surface area contributed by atoms with Crippen molar-refractivity contribution in [2.75, 3.05) is 26.7 Å². The van der Waals surface area contributed by atoms with Crippen molar-refractivity contribution < 1.29 is 9.21 Å². The van der Waals surface area contributed by atoms with Crippen LogP contribution in [0, 0.1) is 6.92 Å². The van der Waals surface area contributed by atoms with Gasteiger partial charge in [-0.15, -0.1) is 11.3 Å². The van der Waals surface area contributed by atoms with Crippen molar-refractivity contribution in [2.45, 2.75) is 13.3 Å². The molecule has 0 unspecified atom stereocenters. The minimum atomic E-state index is -0.223. The normalized spacial score (nSPS) is 11.3. The lowest BCUT2D eigenvalue weighted by atomic mass is 10.3. The van der Waals surface area contributed by atoms with E-state index in [0.717, 1.165) is 23.7 Å². The van der Waals surface area contributed by atoms with E-state index < -0.39 is 0 Å². The number of nitrogens with zero attached hydrogens (tertiary/aromatic N) is 2. The number of aliphatic imine (C=N–C) groups is 1. The van der Waals surface area contributed by atoms with Crippen LogP contribution in [0.25, 0.3) is 0 Å². The summed E-state index contributed by atoms with van der Waals surface area (Å²) in [5.74, 6) is 0.786. The summed E-state index contributed by atoms with van der Waals surface area (Å²) in [5, 5.41) is 12.3. The lowest BCUT2D eigenvalue weighted by Crippen LogP contribution is -2.42. The van der Waals surface area contributed by atoms with Crippen molar-refractivity contribution >= 4 is 23.2 Å². The summed E-state index contributed by atoms with van der Waals surface area (Å²) in [7, 11) is 1.71. The molecule has 0 atom stereocenters. The quantitative estimate of drug-likeness (QED) is 0.401. The zero-order valence-electron chi connectivity index (χ0n) is 13.3. The number of hydrogen-bond acceptors (Lipinski definition) is 5. The van der Waals surface area contributed by atoms with E-state index in [1.807, 2.05) is 6.92 Å². The van der Waals surface area contributed by atoms with Gasteiger partial charge in [-0.2, -0.15) is 0 Å². The zero-order valence-corrected chi connectivity index (χ0v) is 14.1. The van der Waals surface area contributed by atoms with Crippen LogP contribution in [0.3, 0.4) is 0 Å². The monoisotopic (exact) mass is 335 g/mol. The number of nitrogens with one attached hydrogen (secondary N) is 3. The highest BCUT2D eigenvalue weighted by atomic mass is 32.1. The van der Waals surface area contributed by atoms with Crippen LogP contribution in [0.15, 0.2) is 33.2 Å². The van der Waals surface area contributed by atoms with E-state index in [4.69, 9.17) is 4.42 Å². The number of thiazole rings is 1. The summed E-state index contributed by atoms with van der Waals surface area (Å²) in [6, 6.07) is 3.31. The molecule has 0 saturated carbocycles. The van der Waals surface area contributed by atoms with Gasteiger partial charge >= 0.3 is 0 Å². The summed E-state index contributed by atoms with van der Waals surface area (Å²) in [6.45, 7) is 3.80. The minimum Gasteiger partial charge on any atom is -0.459 e. The first-order valence-corrected chi connectivity index (χ1v) is 8.24. The Morgan fingerprint density at radius 2 is 2.09 bits per heavy atom. The Morgan fingerprint density at radius 1 is 1.30 bits per heavy atom. The SMILES string of the molecule is CN=C(NCCNC(=O)c1ccco1)NCCc1csc(C)n1. The molecule has 2 aromatic heterocycles. The molecule has 2 rings (SSSR count). The van der Waals surface area contributed by atoms with Crippen molar-refractivity contribution in [3.63, 3.8) is 0 Å². The molecule has 0 radical (unpaired) electrons. The van der Waals surface area contributed by atoms with E-state index in [1.54, 1.807) is 30.5 Å². The predicted octanol–water partition coefficient (Wildman–Crippen LogP) is 1.18. The van der Waals surface area contributed by atoms with Crippen LogP contribution in [0.1, 0.15) is 21.3 Å². The van der Waals surface area contributed by atoms with Gasteiger partial charge in [0.2, 0.25) is 0 Å². The van der Waals surface area contributed by atoms with Gasteiger partial charge in [-0.1, -0.05) is 0 Å². The number of rotatable bonds is 7. The molecule has 0 fully saturated rings. The van der Waals surface area contributed by atoms with Crippen molar-refractivity contribution in [1.82, 2.24) is 20.9 Å². The molecule has 7 nitrogen and oxygen atoms in total. The zero-order chi connectivity index (χ0) is 16.5. The van der Waals surface area contributed by atoms with Gasteiger partial charge in [-0.25, -0.2) is 4.98 Å². The predicted molar refractivity (Wildman–Crippen MR) is 91.0 cm³/mol. The topological polar surface area (TPSA) is 91.5 Å². The van der Waals surface area contributed by atoms with E-state index in [1.165, 1.54) is 6.26 Å². The molecule has 0 saturated heterocycles. The Hall–Kier alpha value is -2.35. The third-order valence-electron chi connectivity index (χ3n) is 3.01. The molecular formula is C15H21N5O2S. The standard InChI is InChI=1S/C15H21N5O2S/c1-11-20-12(10-23-11)5-6-18-15(16-2)19-8-7-17-14(21)13-4-3-9-22-13/h3-4,9-10H,5-8H2,1-2H3,(H,17,21)(H2,16,18,19). The number of guanidine groups is 1. The van der Waals surface area contributed by atoms with Gasteiger partial charge in [0.25, 0.3) is 5.91 Å². The van der Waals surface area contributed by atoms with Crippen LogP contribution in [0.4, 0.5) is 0 Å². The Morgan fingerprint density at radius 3 is 2.74 bits per heavy atom. The number of furan rings is 1. The highest BCUT2D eigenvalue weighted by molar-refractivity contribution is 7.09.